The van der Waals surface area contributed by atoms with Crippen LogP contribution in [-0.4, -0.2) is 16.4 Å². The molecule has 1 heterocycles. The van der Waals surface area contributed by atoms with Crippen molar-refractivity contribution in [3.05, 3.63) is 58.5 Å². The van der Waals surface area contributed by atoms with Gasteiger partial charge in [0.2, 0.25) is 11.8 Å². The minimum absolute atomic E-state index is 0.0456. The van der Waals surface area contributed by atoms with Crippen molar-refractivity contribution in [1.82, 2.24) is 4.57 Å². The number of benzene rings is 1. The number of rotatable bonds is 5. The molecule has 0 atom stereocenters. The predicted octanol–water partition coefficient (Wildman–Crippen LogP) is 2.85. The van der Waals surface area contributed by atoms with Crippen molar-refractivity contribution in [2.75, 3.05) is 10.6 Å². The first-order valence-corrected chi connectivity index (χ1v) is 8.21. The second-order valence-corrected chi connectivity index (χ2v) is 6.24. The van der Waals surface area contributed by atoms with E-state index in [1.807, 2.05) is 0 Å². The summed E-state index contributed by atoms with van der Waals surface area (Å²) in [5.41, 5.74) is -1.63. The Balaban J connectivity index is 1.62. The molecule has 0 unspecified atom stereocenters. The van der Waals surface area contributed by atoms with Crippen LogP contribution in [-0.2, 0) is 22.3 Å². The molecule has 9 heteroatoms. The molecular weight excluding hydrogens is 363 g/mol. The molecular formula is C18H16F3N3O3. The van der Waals surface area contributed by atoms with Crippen LogP contribution in [0.2, 0.25) is 0 Å². The predicted molar refractivity (Wildman–Crippen MR) is 92.1 cm³/mol. The molecule has 2 amide bonds. The van der Waals surface area contributed by atoms with E-state index in [2.05, 4.69) is 10.6 Å². The van der Waals surface area contributed by atoms with Crippen molar-refractivity contribution in [1.29, 1.82) is 0 Å². The fraction of sp³-hybridized carbons (Fsp3) is 0.278. The van der Waals surface area contributed by atoms with Gasteiger partial charge in [-0.05, 0) is 49.2 Å². The van der Waals surface area contributed by atoms with E-state index in [4.69, 9.17) is 0 Å². The number of alkyl halides is 3. The highest BCUT2D eigenvalue weighted by molar-refractivity contribution is 5.95. The van der Waals surface area contributed by atoms with E-state index in [1.54, 1.807) is 24.3 Å². The van der Waals surface area contributed by atoms with E-state index in [0.717, 1.165) is 25.1 Å². The highest BCUT2D eigenvalue weighted by Crippen LogP contribution is 2.30. The van der Waals surface area contributed by atoms with E-state index in [0.29, 0.717) is 22.0 Å². The van der Waals surface area contributed by atoms with Crippen molar-refractivity contribution >= 4 is 23.2 Å². The van der Waals surface area contributed by atoms with E-state index in [9.17, 15) is 27.6 Å². The maximum atomic E-state index is 12.8. The van der Waals surface area contributed by atoms with Crippen LogP contribution in [0, 0.1) is 5.92 Å². The maximum Gasteiger partial charge on any atom is 0.421 e. The summed E-state index contributed by atoms with van der Waals surface area (Å²) in [4.78, 5) is 35.5. The Morgan fingerprint density at radius 2 is 1.63 bits per heavy atom. The molecule has 0 bridgehead atoms. The van der Waals surface area contributed by atoms with Gasteiger partial charge in [0.15, 0.2) is 0 Å². The molecule has 1 fully saturated rings. The smallest absolute Gasteiger partial charge is 0.326 e. The van der Waals surface area contributed by atoms with Crippen LogP contribution in [0.5, 0.6) is 0 Å². The Hall–Kier alpha value is -3.10. The van der Waals surface area contributed by atoms with Gasteiger partial charge in [-0.1, -0.05) is 0 Å². The summed E-state index contributed by atoms with van der Waals surface area (Å²) in [6, 6.07) is 8.05. The molecule has 3 rings (SSSR count). The third kappa shape index (κ3) is 4.75. The van der Waals surface area contributed by atoms with Gasteiger partial charge in [0, 0.05) is 23.5 Å². The van der Waals surface area contributed by atoms with Gasteiger partial charge in [0.25, 0.3) is 5.56 Å². The Kier molecular flexibility index (Phi) is 5.02. The summed E-state index contributed by atoms with van der Waals surface area (Å²) in [5.74, 6) is -0.628. The molecule has 27 heavy (non-hydrogen) atoms. The summed E-state index contributed by atoms with van der Waals surface area (Å²) >= 11 is 0. The van der Waals surface area contributed by atoms with E-state index < -0.39 is 29.8 Å². The van der Waals surface area contributed by atoms with Gasteiger partial charge in [0.05, 0.1) is 0 Å². The van der Waals surface area contributed by atoms with Gasteiger partial charge in [-0.15, -0.1) is 0 Å². The van der Waals surface area contributed by atoms with E-state index >= 15 is 0 Å². The monoisotopic (exact) mass is 379 g/mol. The van der Waals surface area contributed by atoms with Crippen LogP contribution in [0.4, 0.5) is 24.5 Å². The Labute approximate surface area is 152 Å². The van der Waals surface area contributed by atoms with Crippen LogP contribution in [0.25, 0.3) is 0 Å². The third-order valence-electron chi connectivity index (χ3n) is 4.02. The first kappa shape index (κ1) is 18.7. The van der Waals surface area contributed by atoms with Gasteiger partial charge in [-0.3, -0.25) is 14.4 Å². The molecule has 0 spiro atoms. The quantitative estimate of drug-likeness (QED) is 0.838. The molecule has 2 aromatic rings. The second-order valence-electron chi connectivity index (χ2n) is 6.24. The number of carbonyl (C=O) groups is 2. The standard InChI is InChI=1S/C18H16F3N3O3/c19-18(20,21)14-2-1-9-24(17(14)27)10-15(25)22-12-5-7-13(8-6-12)23-16(26)11-3-4-11/h1-2,5-9,11H,3-4,10H2,(H,22,25)(H,23,26). The maximum absolute atomic E-state index is 12.8. The summed E-state index contributed by atoms with van der Waals surface area (Å²) in [7, 11) is 0. The van der Waals surface area contributed by atoms with Crippen molar-refractivity contribution in [3.63, 3.8) is 0 Å². The lowest BCUT2D eigenvalue weighted by Crippen LogP contribution is -2.31. The number of aromatic nitrogens is 1. The minimum atomic E-state index is -4.78. The summed E-state index contributed by atoms with van der Waals surface area (Å²) in [6.07, 6.45) is -1.89. The molecule has 1 saturated carbocycles. The zero-order valence-corrected chi connectivity index (χ0v) is 14.0. The van der Waals surface area contributed by atoms with E-state index in [1.165, 1.54) is 0 Å². The van der Waals surface area contributed by atoms with Crippen molar-refractivity contribution in [2.45, 2.75) is 25.6 Å². The van der Waals surface area contributed by atoms with Gasteiger partial charge in [-0.2, -0.15) is 13.2 Å². The average molecular weight is 379 g/mol. The highest BCUT2D eigenvalue weighted by atomic mass is 19.4. The normalized spacial score (nSPS) is 13.9. The molecule has 0 aliphatic heterocycles. The molecule has 1 aromatic heterocycles. The number of carbonyl (C=O) groups excluding carboxylic acids is 2. The molecule has 2 N–H and O–H groups in total. The number of nitrogens with one attached hydrogen (secondary N) is 2. The molecule has 6 nitrogen and oxygen atoms in total. The van der Waals surface area contributed by atoms with Crippen LogP contribution in [0.1, 0.15) is 18.4 Å². The zero-order chi connectivity index (χ0) is 19.6. The third-order valence-corrected chi connectivity index (χ3v) is 4.02. The number of pyridine rings is 1. The minimum Gasteiger partial charge on any atom is -0.326 e. The topological polar surface area (TPSA) is 80.2 Å². The van der Waals surface area contributed by atoms with Crippen LogP contribution >= 0.6 is 0 Å². The molecule has 0 saturated heterocycles. The SMILES string of the molecule is O=C(Cn1cccc(C(F)(F)F)c1=O)Nc1ccc(NC(=O)C2CC2)cc1. The number of halogens is 3. The molecule has 0 radical (unpaired) electrons. The molecule has 1 aliphatic carbocycles. The van der Waals surface area contributed by atoms with Gasteiger partial charge in [-0.25, -0.2) is 0 Å². The number of hydrogen-bond donors (Lipinski definition) is 2. The summed E-state index contributed by atoms with van der Waals surface area (Å²) in [6.45, 7) is -0.553. The van der Waals surface area contributed by atoms with E-state index in [-0.39, 0.29) is 11.8 Å². The Morgan fingerprint density at radius 1 is 1.04 bits per heavy atom. The van der Waals surface area contributed by atoms with Gasteiger partial charge in [0.1, 0.15) is 12.1 Å². The van der Waals surface area contributed by atoms with Gasteiger partial charge >= 0.3 is 6.18 Å². The van der Waals surface area contributed by atoms with Crippen molar-refractivity contribution in [2.24, 2.45) is 5.92 Å². The Bertz CT molecular complexity index is 916. The average Bonchev–Trinajstić information content (AvgIpc) is 3.42. The first-order chi connectivity index (χ1) is 12.7. The van der Waals surface area contributed by atoms with Crippen LogP contribution < -0.4 is 16.2 Å². The molecule has 1 aromatic carbocycles. The second kappa shape index (κ2) is 7.26. The van der Waals surface area contributed by atoms with Crippen molar-refractivity contribution < 1.29 is 22.8 Å². The van der Waals surface area contributed by atoms with Crippen molar-refractivity contribution in [3.8, 4) is 0 Å². The first-order valence-electron chi connectivity index (χ1n) is 8.21. The zero-order valence-electron chi connectivity index (χ0n) is 14.0. The number of nitrogens with zero attached hydrogens (tertiary/aromatic N) is 1. The summed E-state index contributed by atoms with van der Waals surface area (Å²) < 4.78 is 39.0. The lowest BCUT2D eigenvalue weighted by atomic mass is 10.2. The number of amides is 2. The fourth-order valence-corrected chi connectivity index (χ4v) is 2.46. The summed E-state index contributed by atoms with van der Waals surface area (Å²) in [5, 5.41) is 5.25. The lowest BCUT2D eigenvalue weighted by molar-refractivity contribution is -0.139. The molecule has 1 aliphatic rings. The molecule has 142 valence electrons. The lowest BCUT2D eigenvalue weighted by Gasteiger charge is -2.11. The Morgan fingerprint density at radius 3 is 2.19 bits per heavy atom. The number of anilines is 2. The fourth-order valence-electron chi connectivity index (χ4n) is 2.46. The van der Waals surface area contributed by atoms with Crippen LogP contribution in [0.15, 0.2) is 47.4 Å². The largest absolute Gasteiger partial charge is 0.421 e. The number of hydrogen-bond acceptors (Lipinski definition) is 3. The van der Waals surface area contributed by atoms with Crippen LogP contribution in [0.3, 0.4) is 0 Å². The highest BCUT2D eigenvalue weighted by Gasteiger charge is 2.34. The van der Waals surface area contributed by atoms with Gasteiger partial charge < -0.3 is 15.2 Å².